The van der Waals surface area contributed by atoms with Crippen LogP contribution in [0.15, 0.2) is 47.3 Å². The lowest BCUT2D eigenvalue weighted by molar-refractivity contribution is -0.0412. The van der Waals surface area contributed by atoms with E-state index in [4.69, 9.17) is 5.73 Å². The third-order valence-corrected chi connectivity index (χ3v) is 5.35. The van der Waals surface area contributed by atoms with Crippen molar-refractivity contribution in [3.05, 3.63) is 75.6 Å². The van der Waals surface area contributed by atoms with Crippen LogP contribution >= 0.6 is 0 Å². The lowest BCUT2D eigenvalue weighted by atomic mass is 9.84. The molecule has 5 nitrogen and oxygen atoms in total. The largest absolute Gasteiger partial charge is 0.494 e. The van der Waals surface area contributed by atoms with Gasteiger partial charge in [0.2, 0.25) is 17.6 Å². The molecule has 1 atom stereocenters. The second-order valence-corrected chi connectivity index (χ2v) is 7.62. The standard InChI is InChI=1S/C16H16F2N2O2.C7H6F2O/c17-16(18)5-1-2-10(8-16)13-7-14(21)11-6-9(15(19)22)3-4-12(11)20-13;1-10-6-4-2-3-5(8)7(6)9/h3-4,6-7,10H,1-2,5,8H2,(H2,19,22)(H,20,21);2-4H,1H3/t10-;/m0./s1. The summed E-state index contributed by atoms with van der Waals surface area (Å²) in [5.41, 5.74) is 6.21. The number of nitrogens with two attached hydrogens (primary N) is 1. The number of halogens is 4. The molecule has 0 spiro atoms. The highest BCUT2D eigenvalue weighted by molar-refractivity contribution is 5.96. The molecule has 0 aliphatic heterocycles. The van der Waals surface area contributed by atoms with E-state index >= 15 is 0 Å². The molecule has 3 N–H and O–H groups in total. The molecule has 1 fully saturated rings. The number of alkyl halides is 2. The van der Waals surface area contributed by atoms with Crippen molar-refractivity contribution >= 4 is 16.8 Å². The average molecular weight is 450 g/mol. The van der Waals surface area contributed by atoms with Crippen molar-refractivity contribution in [3.63, 3.8) is 0 Å². The van der Waals surface area contributed by atoms with E-state index in [1.807, 2.05) is 0 Å². The number of rotatable bonds is 3. The number of primary amides is 1. The zero-order valence-corrected chi connectivity index (χ0v) is 17.3. The number of hydrogen-bond acceptors (Lipinski definition) is 3. The molecule has 0 unspecified atom stereocenters. The Kier molecular flexibility index (Phi) is 6.86. The van der Waals surface area contributed by atoms with Crippen LogP contribution in [0.25, 0.3) is 10.9 Å². The van der Waals surface area contributed by atoms with E-state index in [2.05, 4.69) is 9.72 Å². The Balaban J connectivity index is 0.000000243. The highest BCUT2D eigenvalue weighted by Crippen LogP contribution is 2.41. The number of pyridine rings is 1. The zero-order valence-electron chi connectivity index (χ0n) is 17.3. The van der Waals surface area contributed by atoms with Crippen LogP contribution in [-0.4, -0.2) is 23.9 Å². The van der Waals surface area contributed by atoms with Gasteiger partial charge in [0.15, 0.2) is 17.0 Å². The molecule has 1 saturated carbocycles. The molecule has 32 heavy (non-hydrogen) atoms. The lowest BCUT2D eigenvalue weighted by Gasteiger charge is -2.29. The molecular weight excluding hydrogens is 428 g/mol. The Morgan fingerprint density at radius 3 is 2.56 bits per heavy atom. The molecule has 0 radical (unpaired) electrons. The number of H-pyrrole nitrogens is 1. The predicted octanol–water partition coefficient (Wildman–Crippen LogP) is 4.89. The molecule has 9 heteroatoms. The van der Waals surface area contributed by atoms with E-state index in [0.29, 0.717) is 29.4 Å². The van der Waals surface area contributed by atoms with Crippen LogP contribution in [0.5, 0.6) is 5.75 Å². The molecule has 1 aliphatic rings. The highest BCUT2D eigenvalue weighted by Gasteiger charge is 2.37. The van der Waals surface area contributed by atoms with Crippen LogP contribution < -0.4 is 15.9 Å². The first-order chi connectivity index (χ1) is 15.1. The summed E-state index contributed by atoms with van der Waals surface area (Å²) < 4.78 is 56.4. The van der Waals surface area contributed by atoms with Crippen molar-refractivity contribution in [1.29, 1.82) is 0 Å². The van der Waals surface area contributed by atoms with E-state index in [9.17, 15) is 27.2 Å². The van der Waals surface area contributed by atoms with Crippen LogP contribution in [0.1, 0.15) is 47.7 Å². The minimum Gasteiger partial charge on any atom is -0.494 e. The molecule has 0 bridgehead atoms. The van der Waals surface area contributed by atoms with Crippen molar-refractivity contribution in [3.8, 4) is 5.75 Å². The van der Waals surface area contributed by atoms with E-state index < -0.39 is 23.5 Å². The van der Waals surface area contributed by atoms with Gasteiger partial charge >= 0.3 is 0 Å². The van der Waals surface area contributed by atoms with Gasteiger partial charge in [-0.2, -0.15) is 4.39 Å². The van der Waals surface area contributed by atoms with Crippen molar-refractivity contribution in [2.45, 2.75) is 37.5 Å². The maximum Gasteiger partial charge on any atom is 0.248 e. The first-order valence-electron chi connectivity index (χ1n) is 9.94. The fourth-order valence-corrected chi connectivity index (χ4v) is 3.72. The number of carbonyl (C=O) groups is 1. The molecule has 1 aliphatic carbocycles. The number of fused-ring (bicyclic) bond motifs is 1. The van der Waals surface area contributed by atoms with Gasteiger partial charge in [0.05, 0.1) is 7.11 Å². The van der Waals surface area contributed by atoms with Crippen LogP contribution in [0.2, 0.25) is 0 Å². The first kappa shape index (κ1) is 23.3. The van der Waals surface area contributed by atoms with Gasteiger partial charge in [-0.15, -0.1) is 0 Å². The van der Waals surface area contributed by atoms with Crippen molar-refractivity contribution in [2.75, 3.05) is 7.11 Å². The number of carbonyl (C=O) groups excluding carboxylic acids is 1. The van der Waals surface area contributed by atoms with E-state index in [0.717, 1.165) is 6.07 Å². The Morgan fingerprint density at radius 2 is 1.94 bits per heavy atom. The number of ether oxygens (including phenoxy) is 1. The van der Waals surface area contributed by atoms with Gasteiger partial charge in [0, 0.05) is 47.0 Å². The van der Waals surface area contributed by atoms with Crippen LogP contribution in [0.4, 0.5) is 17.6 Å². The number of aromatic amines is 1. The number of amides is 1. The van der Waals surface area contributed by atoms with Gasteiger partial charge in [-0.05, 0) is 43.2 Å². The number of hydrogen-bond donors (Lipinski definition) is 2. The second kappa shape index (κ2) is 9.42. The lowest BCUT2D eigenvalue weighted by Crippen LogP contribution is -2.26. The number of nitrogens with one attached hydrogen (secondary N) is 1. The van der Waals surface area contributed by atoms with Crippen LogP contribution in [-0.2, 0) is 0 Å². The summed E-state index contributed by atoms with van der Waals surface area (Å²) in [4.78, 5) is 26.4. The molecule has 2 aromatic carbocycles. The molecule has 1 amide bonds. The number of methoxy groups -OCH3 is 1. The molecule has 3 aromatic rings. The van der Waals surface area contributed by atoms with Gasteiger partial charge < -0.3 is 15.5 Å². The van der Waals surface area contributed by atoms with E-state index in [-0.39, 0.29) is 35.5 Å². The minimum atomic E-state index is -2.68. The maximum atomic E-state index is 13.6. The molecule has 0 saturated heterocycles. The quantitative estimate of drug-likeness (QED) is 0.557. The van der Waals surface area contributed by atoms with E-state index in [1.54, 1.807) is 6.07 Å². The van der Waals surface area contributed by atoms with Gasteiger partial charge in [-0.25, -0.2) is 13.2 Å². The third-order valence-electron chi connectivity index (χ3n) is 5.35. The van der Waals surface area contributed by atoms with Crippen molar-refractivity contribution < 1.29 is 27.1 Å². The second-order valence-electron chi connectivity index (χ2n) is 7.62. The minimum absolute atomic E-state index is 0.0694. The fraction of sp³-hybridized carbons (Fsp3) is 0.304. The number of benzene rings is 2. The highest BCUT2D eigenvalue weighted by atomic mass is 19.3. The van der Waals surface area contributed by atoms with Gasteiger partial charge in [-0.3, -0.25) is 9.59 Å². The Hall–Kier alpha value is -3.36. The monoisotopic (exact) mass is 450 g/mol. The zero-order chi connectivity index (χ0) is 23.5. The molecule has 1 aromatic heterocycles. The summed E-state index contributed by atoms with van der Waals surface area (Å²) in [7, 11) is 1.29. The summed E-state index contributed by atoms with van der Waals surface area (Å²) in [5, 5.41) is 0.336. The van der Waals surface area contributed by atoms with Gasteiger partial charge in [0.1, 0.15) is 0 Å². The summed E-state index contributed by atoms with van der Waals surface area (Å²) >= 11 is 0. The Labute approximate surface area is 181 Å². The number of aromatic nitrogens is 1. The Bertz CT molecular complexity index is 1190. The SMILES string of the molecule is COc1cccc(F)c1F.NC(=O)c1ccc2[nH]c([C@H]3CCCC(F)(F)C3)cc(=O)c2c1. The topological polar surface area (TPSA) is 85.2 Å². The molecule has 1 heterocycles. The van der Waals surface area contributed by atoms with Crippen molar-refractivity contribution in [2.24, 2.45) is 5.73 Å². The van der Waals surface area contributed by atoms with E-state index in [1.165, 1.54) is 37.4 Å². The smallest absolute Gasteiger partial charge is 0.248 e. The third kappa shape index (κ3) is 5.27. The first-order valence-corrected chi connectivity index (χ1v) is 9.94. The Morgan fingerprint density at radius 1 is 1.19 bits per heavy atom. The summed E-state index contributed by atoms with van der Waals surface area (Å²) in [5.74, 6) is -5.54. The van der Waals surface area contributed by atoms with Crippen molar-refractivity contribution in [1.82, 2.24) is 4.98 Å². The summed E-state index contributed by atoms with van der Waals surface area (Å²) in [6, 6.07) is 9.67. The van der Waals surface area contributed by atoms with Gasteiger partial charge in [-0.1, -0.05) is 6.07 Å². The summed E-state index contributed by atoms with van der Waals surface area (Å²) in [6.45, 7) is 0. The van der Waals surface area contributed by atoms with Crippen LogP contribution in [0.3, 0.4) is 0 Å². The van der Waals surface area contributed by atoms with Gasteiger partial charge in [0.25, 0.3) is 0 Å². The molecule has 4 rings (SSSR count). The molecule has 170 valence electrons. The average Bonchev–Trinajstić information content (AvgIpc) is 2.75. The summed E-state index contributed by atoms with van der Waals surface area (Å²) in [6.07, 6.45) is 0.742. The van der Waals surface area contributed by atoms with Crippen LogP contribution in [0, 0.1) is 11.6 Å². The predicted molar refractivity (Wildman–Crippen MR) is 112 cm³/mol. The normalized spacial score (nSPS) is 17.3. The maximum absolute atomic E-state index is 13.6. The molecular formula is C23H22F4N2O3. The fourth-order valence-electron chi connectivity index (χ4n) is 3.72.